The van der Waals surface area contributed by atoms with E-state index in [0.717, 1.165) is 0 Å². The van der Waals surface area contributed by atoms with Crippen LogP contribution in [0.4, 0.5) is 0 Å². The van der Waals surface area contributed by atoms with Crippen molar-refractivity contribution < 1.29 is 90.9 Å². The Morgan fingerprint density at radius 3 is 0.983 bits per heavy atom. The maximum absolute atomic E-state index is 14.0. The Morgan fingerprint density at radius 2 is 0.675 bits per heavy atom. The van der Waals surface area contributed by atoms with Crippen LogP contribution in [0.5, 0.6) is 0 Å². The monoisotopic (exact) mass is 1660 g/mol. The molecule has 0 aromatic heterocycles. The van der Waals surface area contributed by atoms with Gasteiger partial charge in [0.2, 0.25) is 94.5 Å². The number of carbonyl (C=O) groups is 16. The number of hydrogen-bond donors (Lipinski definition) is 18. The van der Waals surface area contributed by atoms with Crippen LogP contribution in [0.3, 0.4) is 0 Å². The number of likely N-dealkylation sites (tertiary alicyclic amines) is 2. The third-order valence-corrected chi connectivity index (χ3v) is 20.9. The van der Waals surface area contributed by atoms with Gasteiger partial charge in [0.05, 0.1) is 38.5 Å². The average molecular weight is 1660 g/mol. The number of hydrogen-bond acceptors (Lipinski definition) is 23. The highest BCUT2D eigenvalue weighted by Gasteiger charge is 2.44. The van der Waals surface area contributed by atoms with Crippen molar-refractivity contribution in [1.29, 1.82) is 0 Å². The van der Waals surface area contributed by atoms with Crippen LogP contribution in [0.25, 0.3) is 0 Å². The summed E-state index contributed by atoms with van der Waals surface area (Å²) in [5, 5.41) is 38.3. The molecule has 0 bridgehead atoms. The Labute approximate surface area is 689 Å². The molecule has 668 valence electrons. The first-order chi connectivity index (χ1) is 55.4. The van der Waals surface area contributed by atoms with E-state index >= 15 is 0 Å². The zero-order valence-corrected chi connectivity index (χ0v) is 71.6. The van der Waals surface area contributed by atoms with Crippen molar-refractivity contribution in [3.8, 4) is 0 Å². The average Bonchev–Trinajstić information content (AvgIpc) is 1.70. The standard InChI is InChI=1S/C78H142N20O19/c1-15-47(7)63(95-73(109)57-27-21-37-97(57)77(113)61(45(3)4)93-65(101)49(9)83-13)75(111)87-51(11)67(103)89-55(29-31-59(81)99)71(107)91-53(25-17-19-33-79)69(105)85-35-23-39-115-41-43-117-44-42-116-40-24-36-86-70(106)54(26-18-20-34-80)92-72(108)56(30-32-60(82)100)90-68(104)52(12)88-76(112)64(48(8)16-2)96-74(110)58-28-22-38-98(58)78(114)62(46(5)6)94-66(102)50(10)84-14/h45-58,61-64,83-84H,15-44,79-80H2,1-14H3,(H2,81,99)(H2,82,100)(H,85,105)(H,86,106)(H,87,111)(H,88,112)(H,89,103)(H,90,104)(H,91,107)(H,92,108)(H,93,101)(H,94,102)(H,95,109)(H,96,110)/t47-,48-,49-,50-,51-,52-,53-,54-,55-,56-,57-,58?,61-,62-,63-,64-/m0/s1. The first-order valence-corrected chi connectivity index (χ1v) is 41.7. The number of nitrogens with two attached hydrogens (primary N) is 4. The van der Waals surface area contributed by atoms with Gasteiger partial charge in [-0.25, -0.2) is 0 Å². The van der Waals surface area contributed by atoms with Crippen molar-refractivity contribution >= 4 is 94.5 Å². The first kappa shape index (κ1) is 104. The number of nitrogens with zero attached hydrogens (tertiary/aromatic N) is 2. The minimum Gasteiger partial charge on any atom is -0.379 e. The Balaban J connectivity index is 1.92. The van der Waals surface area contributed by atoms with E-state index in [1.807, 2.05) is 13.8 Å². The van der Waals surface area contributed by atoms with E-state index in [-0.39, 0.29) is 128 Å². The molecule has 0 aromatic rings. The van der Waals surface area contributed by atoms with Gasteiger partial charge < -0.3 is 121 Å². The van der Waals surface area contributed by atoms with Crippen LogP contribution >= 0.6 is 0 Å². The second kappa shape index (κ2) is 56.6. The second-order valence-corrected chi connectivity index (χ2v) is 31.0. The van der Waals surface area contributed by atoms with E-state index in [2.05, 4.69) is 74.4 Å². The number of carbonyl (C=O) groups excluding carboxylic acids is 16. The van der Waals surface area contributed by atoms with Gasteiger partial charge in [-0.2, -0.15) is 0 Å². The minimum absolute atomic E-state index is 0.161. The third kappa shape index (κ3) is 37.8. The number of amides is 16. The van der Waals surface area contributed by atoms with Crippen LogP contribution in [-0.4, -0.2) is 282 Å². The molecule has 16 amide bonds. The van der Waals surface area contributed by atoms with Gasteiger partial charge in [-0.05, 0) is 168 Å². The van der Waals surface area contributed by atoms with Gasteiger partial charge in [-0.1, -0.05) is 68.2 Å². The van der Waals surface area contributed by atoms with Gasteiger partial charge >= 0.3 is 0 Å². The Kier molecular flexibility index (Phi) is 50.5. The van der Waals surface area contributed by atoms with Gasteiger partial charge in [-0.15, -0.1) is 0 Å². The summed E-state index contributed by atoms with van der Waals surface area (Å²) in [5.74, 6) is -11.5. The molecule has 2 aliphatic rings. The van der Waals surface area contributed by atoms with Gasteiger partial charge in [0, 0.05) is 52.2 Å². The molecular weight excluding hydrogens is 1520 g/mol. The topological polar surface area (TPSA) is 580 Å². The summed E-state index contributed by atoms with van der Waals surface area (Å²) in [6.07, 6.45) is 4.45. The molecule has 2 heterocycles. The number of likely N-dealkylation sites (N-methyl/N-ethyl adjacent to an activating group) is 2. The number of rotatable bonds is 60. The highest BCUT2D eigenvalue weighted by molar-refractivity contribution is 6.00. The molecule has 16 atom stereocenters. The lowest BCUT2D eigenvalue weighted by atomic mass is 9.97. The molecule has 39 nitrogen and oxygen atoms in total. The number of nitrogens with one attached hydrogen (secondary N) is 14. The number of unbranched alkanes of at least 4 members (excludes halogenated alkanes) is 2. The van der Waals surface area contributed by atoms with Crippen molar-refractivity contribution in [2.24, 2.45) is 46.6 Å². The van der Waals surface area contributed by atoms with E-state index in [9.17, 15) is 76.7 Å². The largest absolute Gasteiger partial charge is 0.379 e. The summed E-state index contributed by atoms with van der Waals surface area (Å²) in [6, 6.07) is -14.6. The molecule has 117 heavy (non-hydrogen) atoms. The third-order valence-electron chi connectivity index (χ3n) is 20.9. The summed E-state index contributed by atoms with van der Waals surface area (Å²) in [6.45, 7) is 23.1. The van der Waals surface area contributed by atoms with E-state index < -0.39 is 179 Å². The van der Waals surface area contributed by atoms with Crippen molar-refractivity contribution in [2.45, 2.75) is 283 Å². The van der Waals surface area contributed by atoms with Crippen molar-refractivity contribution in [3.05, 3.63) is 0 Å². The maximum atomic E-state index is 14.0. The molecule has 2 saturated heterocycles. The summed E-state index contributed by atoms with van der Waals surface area (Å²) in [4.78, 5) is 219. The van der Waals surface area contributed by atoms with Crippen LogP contribution < -0.4 is 97.4 Å². The number of primary amides is 2. The van der Waals surface area contributed by atoms with Crippen LogP contribution in [0.15, 0.2) is 0 Å². The zero-order valence-electron chi connectivity index (χ0n) is 71.6. The van der Waals surface area contributed by atoms with E-state index in [4.69, 9.17) is 37.1 Å². The summed E-state index contributed by atoms with van der Waals surface area (Å²) in [7, 11) is 3.24. The molecule has 0 aliphatic carbocycles. The predicted octanol–water partition coefficient (Wildman–Crippen LogP) is -3.67. The molecule has 39 heteroatoms. The van der Waals surface area contributed by atoms with E-state index in [1.54, 1.807) is 69.5 Å². The Morgan fingerprint density at radius 1 is 0.359 bits per heavy atom. The summed E-state index contributed by atoms with van der Waals surface area (Å²) < 4.78 is 17.0. The van der Waals surface area contributed by atoms with Crippen LogP contribution in [0, 0.1) is 23.7 Å². The molecule has 0 radical (unpaired) electrons. The summed E-state index contributed by atoms with van der Waals surface area (Å²) in [5.41, 5.74) is 22.4. The van der Waals surface area contributed by atoms with Crippen molar-refractivity contribution in [2.75, 3.05) is 93.0 Å². The molecular formula is C78H142N20O19. The quantitative estimate of drug-likeness (QED) is 0.0261. The normalized spacial score (nSPS) is 17.6. The van der Waals surface area contributed by atoms with E-state index in [0.29, 0.717) is 90.1 Å². The first-order valence-electron chi connectivity index (χ1n) is 41.7. The Bertz CT molecular complexity index is 2990. The molecule has 1 unspecified atom stereocenters. The predicted molar refractivity (Wildman–Crippen MR) is 436 cm³/mol. The van der Waals surface area contributed by atoms with Crippen molar-refractivity contribution in [1.82, 2.24) is 84.2 Å². The summed E-state index contributed by atoms with van der Waals surface area (Å²) >= 11 is 0. The molecule has 22 N–H and O–H groups in total. The highest BCUT2D eigenvalue weighted by Crippen LogP contribution is 2.24. The fourth-order valence-corrected chi connectivity index (χ4v) is 12.8. The lowest BCUT2D eigenvalue weighted by Crippen LogP contribution is -2.60. The van der Waals surface area contributed by atoms with Gasteiger partial charge in [0.15, 0.2) is 0 Å². The molecule has 2 rings (SSSR count). The van der Waals surface area contributed by atoms with Gasteiger partial charge in [0.1, 0.15) is 72.5 Å². The lowest BCUT2D eigenvalue weighted by Gasteiger charge is -2.32. The van der Waals surface area contributed by atoms with Gasteiger partial charge in [0.25, 0.3) is 0 Å². The molecule has 2 aliphatic heterocycles. The SMILES string of the molecule is CC[C@H](C)[C@H](NC(=O)C1CCCN1C(=O)[C@@H](NC(=O)[C@H](C)NC)C(C)C)C(=O)N[C@@H](C)C(=O)N[C@@H](CCC(N)=O)C(=O)N[C@@H](CCCCN)C(=O)NCCCOCCOCCOCCCNC(=O)[C@H](CCCCN)NC(=O)[C@H](CCC(N)=O)NC(=O)[C@H](C)NC(=O)[C@@H](NC(=O)[C@@H]1CCCN1C(=O)[C@@H](NC(=O)[C@H](C)NC)C(C)C)[C@@H](C)CC. The molecule has 0 saturated carbocycles. The van der Waals surface area contributed by atoms with Gasteiger partial charge in [-0.3, -0.25) is 76.7 Å². The minimum atomic E-state index is -1.38. The van der Waals surface area contributed by atoms with Crippen LogP contribution in [0.1, 0.15) is 199 Å². The molecule has 0 aromatic carbocycles. The van der Waals surface area contributed by atoms with Crippen LogP contribution in [-0.2, 0) is 90.9 Å². The maximum Gasteiger partial charge on any atom is 0.246 e. The smallest absolute Gasteiger partial charge is 0.246 e. The van der Waals surface area contributed by atoms with Crippen LogP contribution in [0.2, 0.25) is 0 Å². The zero-order chi connectivity index (χ0) is 88.0. The Hall–Kier alpha value is -8.76. The highest BCUT2D eigenvalue weighted by atomic mass is 16.5. The fourth-order valence-electron chi connectivity index (χ4n) is 12.8. The molecule has 2 fully saturated rings. The van der Waals surface area contributed by atoms with Crippen molar-refractivity contribution in [3.63, 3.8) is 0 Å². The lowest BCUT2D eigenvalue weighted by molar-refractivity contribution is -0.143. The second-order valence-electron chi connectivity index (χ2n) is 31.0. The fraction of sp³-hybridized carbons (Fsp3) is 0.795. The molecule has 0 spiro atoms. The van der Waals surface area contributed by atoms with E-state index in [1.165, 1.54) is 23.6 Å². The number of ether oxygens (including phenoxy) is 3.